The molecule has 0 saturated carbocycles. The van der Waals surface area contributed by atoms with Crippen LogP contribution in [0.4, 0.5) is 21.7 Å². The summed E-state index contributed by atoms with van der Waals surface area (Å²) in [6.07, 6.45) is 0. The number of aryl methyl sites for hydroxylation is 2. The molecule has 0 spiro atoms. The van der Waals surface area contributed by atoms with Gasteiger partial charge in [0.05, 0.1) is 0 Å². The Morgan fingerprint density at radius 1 is 1.07 bits per heavy atom. The first-order chi connectivity index (χ1) is 14.3. The molecule has 2 heterocycles. The second-order valence-electron chi connectivity index (χ2n) is 7.21. The van der Waals surface area contributed by atoms with E-state index in [-0.39, 0.29) is 18.3 Å². The molecule has 1 amide bonds. The molecular weight excluding hydrogens is 389 g/mol. The number of benzene rings is 2. The van der Waals surface area contributed by atoms with Crippen LogP contribution in [-0.4, -0.2) is 26.8 Å². The number of amides is 1. The summed E-state index contributed by atoms with van der Waals surface area (Å²) in [5.74, 6) is -0.603. The molecule has 0 saturated heterocycles. The maximum Gasteiger partial charge on any atom is 0.333 e. The molecule has 154 valence electrons. The van der Waals surface area contributed by atoms with Crippen molar-refractivity contribution in [1.82, 2.24) is 14.3 Å². The van der Waals surface area contributed by atoms with Crippen LogP contribution in [0.15, 0.2) is 52.1 Å². The summed E-state index contributed by atoms with van der Waals surface area (Å²) in [6, 6.07) is 11.3. The first kappa shape index (κ1) is 19.6. The summed E-state index contributed by atoms with van der Waals surface area (Å²) in [5, 5.41) is 7.00. The molecule has 0 aliphatic carbocycles. The van der Waals surface area contributed by atoms with Crippen molar-refractivity contribution in [3.8, 4) is 0 Å². The lowest BCUT2D eigenvalue weighted by Crippen LogP contribution is -2.44. The monoisotopic (exact) mass is 409 g/mol. The van der Waals surface area contributed by atoms with E-state index >= 15 is 0 Å². The third kappa shape index (κ3) is 3.61. The van der Waals surface area contributed by atoms with Crippen molar-refractivity contribution in [3.05, 3.63) is 80.1 Å². The number of carbonyl (C=O) groups excluding carboxylic acids is 1. The molecule has 0 unspecified atom stereocenters. The van der Waals surface area contributed by atoms with Crippen molar-refractivity contribution >= 4 is 23.2 Å². The quantitative estimate of drug-likeness (QED) is 0.666. The van der Waals surface area contributed by atoms with Gasteiger partial charge in [-0.15, -0.1) is 5.10 Å². The Morgan fingerprint density at radius 2 is 1.80 bits per heavy atom. The Morgan fingerprint density at radius 3 is 2.50 bits per heavy atom. The number of fused-ring (bicyclic) bond motifs is 1. The van der Waals surface area contributed by atoms with Crippen molar-refractivity contribution in [2.24, 2.45) is 0 Å². The van der Waals surface area contributed by atoms with Crippen LogP contribution >= 0.6 is 0 Å². The van der Waals surface area contributed by atoms with Crippen molar-refractivity contribution in [2.45, 2.75) is 26.9 Å². The highest BCUT2D eigenvalue weighted by molar-refractivity contribution is 5.91. The van der Waals surface area contributed by atoms with Gasteiger partial charge < -0.3 is 10.2 Å². The van der Waals surface area contributed by atoms with Gasteiger partial charge in [-0.25, -0.2) is 9.07 Å². The number of nitrogens with zero attached hydrogens (tertiary/aromatic N) is 4. The van der Waals surface area contributed by atoms with Gasteiger partial charge in [0.25, 0.3) is 0 Å². The molecule has 30 heavy (non-hydrogen) atoms. The molecule has 1 aliphatic heterocycles. The summed E-state index contributed by atoms with van der Waals surface area (Å²) in [5.41, 5.74) is 1.61. The minimum atomic E-state index is -0.865. The first-order valence-corrected chi connectivity index (χ1v) is 9.45. The molecule has 9 heteroatoms. The number of anilines is 3. The molecule has 8 nitrogen and oxygen atoms in total. The fraction of sp³-hybridized carbons (Fsp3) is 0.238. The number of nitrogens with one attached hydrogen (secondary N) is 1. The molecule has 1 N–H and O–H groups in total. The summed E-state index contributed by atoms with van der Waals surface area (Å²) in [4.78, 5) is 39.2. The maximum atomic E-state index is 13.2. The van der Waals surface area contributed by atoms with Gasteiger partial charge in [0, 0.05) is 24.5 Å². The van der Waals surface area contributed by atoms with Gasteiger partial charge >= 0.3 is 11.1 Å². The summed E-state index contributed by atoms with van der Waals surface area (Å²) in [6.45, 7) is 4.12. The van der Waals surface area contributed by atoms with Gasteiger partial charge in [-0.3, -0.25) is 19.0 Å². The smallest absolute Gasteiger partial charge is 0.324 e. The third-order valence-electron chi connectivity index (χ3n) is 4.99. The van der Waals surface area contributed by atoms with Crippen LogP contribution in [-0.2, 0) is 17.9 Å². The Kier molecular flexibility index (Phi) is 4.94. The average molecular weight is 409 g/mol. The molecule has 0 fully saturated rings. The predicted molar refractivity (Wildman–Crippen MR) is 111 cm³/mol. The molecule has 3 aromatic rings. The number of aromatic nitrogens is 3. The zero-order valence-corrected chi connectivity index (χ0v) is 16.6. The number of rotatable bonds is 4. The van der Waals surface area contributed by atoms with Crippen molar-refractivity contribution < 1.29 is 9.18 Å². The van der Waals surface area contributed by atoms with Crippen LogP contribution in [0.1, 0.15) is 11.1 Å². The molecule has 0 bridgehead atoms. The van der Waals surface area contributed by atoms with Gasteiger partial charge in [0.2, 0.25) is 11.9 Å². The molecule has 1 aromatic heterocycles. The minimum Gasteiger partial charge on any atom is -0.324 e. The van der Waals surface area contributed by atoms with Gasteiger partial charge in [-0.1, -0.05) is 17.7 Å². The number of halogens is 1. The molecule has 4 rings (SSSR count). The molecule has 2 aromatic carbocycles. The van der Waals surface area contributed by atoms with Crippen LogP contribution in [0.2, 0.25) is 0 Å². The van der Waals surface area contributed by atoms with Crippen LogP contribution in [0.3, 0.4) is 0 Å². The number of carbonyl (C=O) groups is 1. The lowest BCUT2D eigenvalue weighted by molar-refractivity contribution is -0.117. The van der Waals surface area contributed by atoms with Crippen LogP contribution in [0.5, 0.6) is 0 Å². The van der Waals surface area contributed by atoms with Crippen molar-refractivity contribution in [3.63, 3.8) is 0 Å². The number of hydrogen-bond donors (Lipinski definition) is 1. The minimum absolute atomic E-state index is 0.241. The van der Waals surface area contributed by atoms with E-state index < -0.39 is 23.6 Å². The fourth-order valence-electron chi connectivity index (χ4n) is 3.48. The van der Waals surface area contributed by atoms with Crippen molar-refractivity contribution in [1.29, 1.82) is 0 Å². The van der Waals surface area contributed by atoms with Crippen LogP contribution in [0, 0.1) is 19.7 Å². The van der Waals surface area contributed by atoms with E-state index in [1.807, 2.05) is 26.0 Å². The Bertz CT molecular complexity index is 1250. The van der Waals surface area contributed by atoms with Gasteiger partial charge in [-0.05, 0) is 49.7 Å². The molecule has 1 aliphatic rings. The van der Waals surface area contributed by atoms with Crippen LogP contribution < -0.4 is 21.3 Å². The average Bonchev–Trinajstić information content (AvgIpc) is 3.12. The van der Waals surface area contributed by atoms with Crippen molar-refractivity contribution in [2.75, 3.05) is 16.8 Å². The highest BCUT2D eigenvalue weighted by atomic mass is 19.1. The van der Waals surface area contributed by atoms with E-state index in [9.17, 15) is 18.8 Å². The second-order valence-corrected chi connectivity index (χ2v) is 7.21. The predicted octanol–water partition coefficient (Wildman–Crippen LogP) is 1.95. The first-order valence-electron chi connectivity index (χ1n) is 9.45. The lowest BCUT2D eigenvalue weighted by Gasteiger charge is -2.18. The van der Waals surface area contributed by atoms with Crippen LogP contribution in [0.25, 0.3) is 0 Å². The van der Waals surface area contributed by atoms with E-state index in [2.05, 4.69) is 10.4 Å². The van der Waals surface area contributed by atoms with Gasteiger partial charge in [-0.2, -0.15) is 0 Å². The topological polar surface area (TPSA) is 89.2 Å². The molecule has 0 atom stereocenters. The van der Waals surface area contributed by atoms with E-state index in [0.717, 1.165) is 15.8 Å². The van der Waals surface area contributed by atoms with Gasteiger partial charge in [0.15, 0.2) is 0 Å². The number of hydrogen-bond acceptors (Lipinski definition) is 5. The molecule has 0 radical (unpaired) electrons. The molecular formula is C21H20FN5O3. The Labute approximate surface area is 171 Å². The van der Waals surface area contributed by atoms with E-state index in [1.54, 1.807) is 23.1 Å². The third-order valence-corrected chi connectivity index (χ3v) is 4.99. The summed E-state index contributed by atoms with van der Waals surface area (Å²) < 4.78 is 15.4. The SMILES string of the molecule is Cc1ccc(NC(=O)Cn2nc3n(c(=O)c2=O)CCN3c2ccc(F)cc2)c(C)c1. The normalized spacial score (nSPS) is 12.7. The fourth-order valence-corrected chi connectivity index (χ4v) is 3.48. The maximum absolute atomic E-state index is 13.2. The summed E-state index contributed by atoms with van der Waals surface area (Å²) >= 11 is 0. The highest BCUT2D eigenvalue weighted by Crippen LogP contribution is 2.26. The Balaban J connectivity index is 1.63. The standard InChI is InChI=1S/C21H20FN5O3/c1-13-3-8-17(14(2)11-13)23-18(28)12-27-20(30)19(29)26-10-9-25(21(26)24-27)16-6-4-15(22)5-7-16/h3-8,11H,9-10,12H2,1-2H3,(H,23,28). The lowest BCUT2D eigenvalue weighted by atomic mass is 10.1. The van der Waals surface area contributed by atoms with E-state index in [1.165, 1.54) is 16.7 Å². The second kappa shape index (κ2) is 7.58. The zero-order valence-electron chi connectivity index (χ0n) is 16.6. The Hall–Kier alpha value is -3.75. The van der Waals surface area contributed by atoms with Gasteiger partial charge in [0.1, 0.15) is 12.4 Å². The largest absolute Gasteiger partial charge is 0.333 e. The zero-order chi connectivity index (χ0) is 21.4. The van der Waals surface area contributed by atoms with E-state index in [4.69, 9.17) is 0 Å². The summed E-state index contributed by atoms with van der Waals surface area (Å²) in [7, 11) is 0. The van der Waals surface area contributed by atoms with E-state index in [0.29, 0.717) is 17.9 Å². The highest BCUT2D eigenvalue weighted by Gasteiger charge is 2.26.